The number of halogens is 1. The summed E-state index contributed by atoms with van der Waals surface area (Å²) in [7, 11) is 0. The zero-order chi connectivity index (χ0) is 7.56. The second-order valence-electron chi connectivity index (χ2n) is 3.12. The first-order chi connectivity index (χ1) is 4.72. The van der Waals surface area contributed by atoms with Crippen LogP contribution in [0.2, 0.25) is 0 Å². The molecule has 0 heterocycles. The Morgan fingerprint density at radius 1 is 1.40 bits per heavy atom. The molecule has 0 N–H and O–H groups in total. The summed E-state index contributed by atoms with van der Waals surface area (Å²) >= 11 is 6.59. The van der Waals surface area contributed by atoms with Crippen LogP contribution < -0.4 is 0 Å². The van der Waals surface area contributed by atoms with Crippen LogP contribution in [0.15, 0.2) is 0 Å². The van der Waals surface area contributed by atoms with E-state index in [1.807, 2.05) is 2.52 Å². The fourth-order valence-corrected chi connectivity index (χ4v) is 2.78. The van der Waals surface area contributed by atoms with E-state index >= 15 is 0 Å². The molecule has 0 aromatic rings. The van der Waals surface area contributed by atoms with Crippen LogP contribution in [0.5, 0.6) is 0 Å². The fraction of sp³-hybridized carbons (Fsp3) is 1.00. The molecule has 0 radical (unpaired) electrons. The monoisotopic (exact) mass is 271 g/mol. The fourth-order valence-electron chi connectivity index (χ4n) is 1.61. The van der Waals surface area contributed by atoms with Crippen molar-refractivity contribution in [1.29, 1.82) is 0 Å². The maximum atomic E-state index is 4.32. The first kappa shape index (κ1) is 9.13. The molecule has 0 aromatic carbocycles. The number of hydrogen-bond acceptors (Lipinski definition) is 2. The minimum Gasteiger partial charge on any atom is -0.191 e. The van der Waals surface area contributed by atoms with E-state index in [4.69, 9.17) is 0 Å². The third-order valence-electron chi connectivity index (χ3n) is 2.34. The molecule has 1 aliphatic carbocycles. The lowest BCUT2D eigenvalue weighted by Gasteiger charge is -2.31. The Labute approximate surface area is 82.6 Å². The van der Waals surface area contributed by atoms with Gasteiger partial charge in [-0.3, -0.25) is 0 Å². The third-order valence-corrected chi connectivity index (χ3v) is 3.35. The Hall–Kier alpha value is 1.04. The van der Waals surface area contributed by atoms with Gasteiger partial charge in [0, 0.05) is 28.9 Å². The highest BCUT2D eigenvalue weighted by atomic mass is 127. The van der Waals surface area contributed by atoms with Crippen molar-refractivity contribution in [1.82, 2.24) is 2.52 Å². The molecule has 1 aliphatic rings. The first-order valence-corrected chi connectivity index (χ1v) is 5.22. The molecule has 1 nitrogen and oxygen atoms in total. The van der Waals surface area contributed by atoms with Crippen LogP contribution in [0.3, 0.4) is 0 Å². The van der Waals surface area contributed by atoms with Gasteiger partial charge in [0.1, 0.15) is 0 Å². The van der Waals surface area contributed by atoms with E-state index in [1.165, 1.54) is 25.7 Å². The number of nitrogens with zero attached hydrogens (tertiary/aromatic N) is 1. The lowest BCUT2D eigenvalue weighted by atomic mass is 9.87. The number of rotatable bonds is 1. The van der Waals surface area contributed by atoms with Crippen LogP contribution in [0.1, 0.15) is 32.6 Å². The van der Waals surface area contributed by atoms with Gasteiger partial charge in [0.2, 0.25) is 0 Å². The van der Waals surface area contributed by atoms with Crippen LogP contribution in [-0.4, -0.2) is 8.56 Å². The van der Waals surface area contributed by atoms with Crippen LogP contribution in [0.25, 0.3) is 0 Å². The third kappa shape index (κ3) is 2.27. The Bertz CT molecular complexity index is 108. The maximum Gasteiger partial charge on any atom is 0.0329 e. The van der Waals surface area contributed by atoms with E-state index in [9.17, 15) is 0 Å². The average molecular weight is 271 g/mol. The van der Waals surface area contributed by atoms with E-state index < -0.39 is 0 Å². The molecule has 0 saturated heterocycles. The molecule has 1 fully saturated rings. The SMILES string of the molecule is C[C@@H]1CCCC[C@@H]1N(S)I. The van der Waals surface area contributed by atoms with Gasteiger partial charge in [-0.1, -0.05) is 32.6 Å². The van der Waals surface area contributed by atoms with Crippen LogP contribution in [0.4, 0.5) is 0 Å². The Morgan fingerprint density at radius 2 is 2.00 bits per heavy atom. The zero-order valence-corrected chi connectivity index (χ0v) is 9.31. The van der Waals surface area contributed by atoms with Crippen molar-refractivity contribution in [3.05, 3.63) is 0 Å². The zero-order valence-electron chi connectivity index (χ0n) is 6.26. The maximum absolute atomic E-state index is 4.32. The van der Waals surface area contributed by atoms with Gasteiger partial charge in [-0.15, -0.1) is 0 Å². The van der Waals surface area contributed by atoms with Gasteiger partial charge in [0.05, 0.1) is 0 Å². The van der Waals surface area contributed by atoms with Crippen LogP contribution >= 0.6 is 35.7 Å². The lowest BCUT2D eigenvalue weighted by Crippen LogP contribution is -2.29. The highest BCUT2D eigenvalue weighted by Gasteiger charge is 2.23. The number of hydrogen-bond donors (Lipinski definition) is 1. The molecule has 60 valence electrons. The molecule has 0 spiro atoms. The van der Waals surface area contributed by atoms with Gasteiger partial charge in [0.15, 0.2) is 0 Å². The summed E-state index contributed by atoms with van der Waals surface area (Å²) in [6, 6.07) is 0.706. The van der Waals surface area contributed by atoms with Crippen molar-refractivity contribution < 1.29 is 0 Å². The molecule has 0 aliphatic heterocycles. The van der Waals surface area contributed by atoms with Gasteiger partial charge in [-0.2, -0.15) is 2.52 Å². The highest BCUT2D eigenvalue weighted by Crippen LogP contribution is 2.30. The van der Waals surface area contributed by atoms with Crippen molar-refractivity contribution in [2.24, 2.45) is 5.92 Å². The molecular weight excluding hydrogens is 257 g/mol. The van der Waals surface area contributed by atoms with Crippen LogP contribution in [-0.2, 0) is 0 Å². The van der Waals surface area contributed by atoms with Crippen molar-refractivity contribution in [3.63, 3.8) is 0 Å². The molecule has 0 amide bonds. The predicted octanol–water partition coefficient (Wildman–Crippen LogP) is 3.06. The Balaban J connectivity index is 2.40. The van der Waals surface area contributed by atoms with Gasteiger partial charge in [-0.05, 0) is 18.8 Å². The summed E-state index contributed by atoms with van der Waals surface area (Å²) in [5.41, 5.74) is 0. The second kappa shape index (κ2) is 4.16. The van der Waals surface area contributed by atoms with Crippen molar-refractivity contribution in [2.75, 3.05) is 0 Å². The topological polar surface area (TPSA) is 3.24 Å². The van der Waals surface area contributed by atoms with Crippen molar-refractivity contribution in [3.8, 4) is 0 Å². The van der Waals surface area contributed by atoms with Crippen molar-refractivity contribution in [2.45, 2.75) is 38.6 Å². The molecule has 10 heavy (non-hydrogen) atoms. The largest absolute Gasteiger partial charge is 0.191 e. The summed E-state index contributed by atoms with van der Waals surface area (Å²) in [6.45, 7) is 2.33. The minimum atomic E-state index is 0.706. The summed E-state index contributed by atoms with van der Waals surface area (Å²) in [4.78, 5) is 0. The molecule has 3 heteroatoms. The van der Waals surface area contributed by atoms with Gasteiger partial charge in [0.25, 0.3) is 0 Å². The Kier molecular flexibility index (Phi) is 3.80. The highest BCUT2D eigenvalue weighted by molar-refractivity contribution is 14.1. The van der Waals surface area contributed by atoms with E-state index in [-0.39, 0.29) is 0 Å². The van der Waals surface area contributed by atoms with Crippen molar-refractivity contribution >= 4 is 35.7 Å². The summed E-state index contributed by atoms with van der Waals surface area (Å²) < 4.78 is 2.04. The number of thiol groups is 1. The van der Waals surface area contributed by atoms with E-state index in [0.29, 0.717) is 6.04 Å². The quantitative estimate of drug-likeness (QED) is 0.436. The molecule has 0 unspecified atom stereocenters. The smallest absolute Gasteiger partial charge is 0.0329 e. The lowest BCUT2D eigenvalue weighted by molar-refractivity contribution is 0.279. The van der Waals surface area contributed by atoms with E-state index in [2.05, 4.69) is 42.6 Å². The normalized spacial score (nSPS) is 34.8. The van der Waals surface area contributed by atoms with Crippen LogP contribution in [0, 0.1) is 5.92 Å². The van der Waals surface area contributed by atoms with Gasteiger partial charge >= 0.3 is 0 Å². The standard InChI is InChI=1S/C7H14INS/c1-6-4-2-3-5-7(6)9(8)10/h6-7,10H,2-5H2,1H3/t6-,7+/m1/s1. The predicted molar refractivity (Wildman–Crippen MR) is 56.3 cm³/mol. The molecule has 2 atom stereocenters. The van der Waals surface area contributed by atoms with Gasteiger partial charge < -0.3 is 0 Å². The minimum absolute atomic E-state index is 0.706. The molecular formula is C7H14INS. The van der Waals surface area contributed by atoms with E-state index in [0.717, 1.165) is 5.92 Å². The summed E-state index contributed by atoms with van der Waals surface area (Å²) in [5, 5.41) is 0. The summed E-state index contributed by atoms with van der Waals surface area (Å²) in [5.74, 6) is 0.836. The molecule has 1 saturated carbocycles. The molecule has 0 aromatic heterocycles. The Morgan fingerprint density at radius 3 is 2.40 bits per heavy atom. The van der Waals surface area contributed by atoms with Gasteiger partial charge in [-0.25, -0.2) is 0 Å². The molecule has 1 rings (SSSR count). The first-order valence-electron chi connectivity index (χ1n) is 3.85. The van der Waals surface area contributed by atoms with E-state index in [1.54, 1.807) is 0 Å². The average Bonchev–Trinajstić information content (AvgIpc) is 1.88. The summed E-state index contributed by atoms with van der Waals surface area (Å²) in [6.07, 6.45) is 5.50. The second-order valence-corrected chi connectivity index (χ2v) is 5.35. The molecule has 0 bridgehead atoms.